The number of imide groups is 1. The molecule has 1 heterocycles. The molecular weight excluding hydrogens is 374 g/mol. The third kappa shape index (κ3) is 4.92. The zero-order valence-electron chi connectivity index (χ0n) is 17.4. The van der Waals surface area contributed by atoms with Crippen molar-refractivity contribution in [2.45, 2.75) is 32.2 Å². The first-order valence-electron chi connectivity index (χ1n) is 9.69. The van der Waals surface area contributed by atoms with E-state index in [4.69, 9.17) is 0 Å². The van der Waals surface area contributed by atoms with Gasteiger partial charge in [0.25, 0.3) is 11.8 Å². The Bertz CT molecular complexity index is 767. The maximum absolute atomic E-state index is 13.0. The largest absolute Gasteiger partial charge is 0.348 e. The molecule has 1 aromatic carbocycles. The molecule has 0 aromatic heterocycles. The topological polar surface area (TPSA) is 102 Å². The van der Waals surface area contributed by atoms with E-state index >= 15 is 0 Å². The van der Waals surface area contributed by atoms with Crippen molar-refractivity contribution in [3.05, 3.63) is 35.9 Å². The summed E-state index contributed by atoms with van der Waals surface area (Å²) in [6, 6.07) is 8.26. The molecule has 1 aromatic rings. The highest BCUT2D eigenvalue weighted by molar-refractivity contribution is 6.08. The van der Waals surface area contributed by atoms with E-state index in [-0.39, 0.29) is 19.0 Å². The van der Waals surface area contributed by atoms with E-state index in [1.807, 2.05) is 13.0 Å². The number of amides is 5. The number of rotatable bonds is 9. The van der Waals surface area contributed by atoms with Crippen LogP contribution in [0.25, 0.3) is 0 Å². The Morgan fingerprint density at radius 1 is 1.10 bits per heavy atom. The molecule has 1 aliphatic heterocycles. The summed E-state index contributed by atoms with van der Waals surface area (Å²) in [5, 5.41) is 3.45. The van der Waals surface area contributed by atoms with Crippen molar-refractivity contribution in [2.24, 2.45) is 0 Å². The first kappa shape index (κ1) is 22.4. The third-order valence-corrected chi connectivity index (χ3v) is 4.89. The van der Waals surface area contributed by atoms with Crippen molar-refractivity contribution in [1.29, 1.82) is 0 Å². The Kier molecular flexibility index (Phi) is 7.33. The summed E-state index contributed by atoms with van der Waals surface area (Å²) in [5.74, 6) is -1.19. The van der Waals surface area contributed by atoms with Crippen LogP contribution in [-0.4, -0.2) is 72.3 Å². The van der Waals surface area contributed by atoms with Gasteiger partial charge in [0.15, 0.2) is 0 Å². The van der Waals surface area contributed by atoms with Gasteiger partial charge in [0.05, 0.1) is 13.1 Å². The average molecular weight is 403 g/mol. The highest BCUT2D eigenvalue weighted by Crippen LogP contribution is 2.31. The number of carbonyl (C=O) groups excluding carboxylic acids is 4. The van der Waals surface area contributed by atoms with Crippen molar-refractivity contribution in [3.63, 3.8) is 0 Å². The molecule has 9 heteroatoms. The molecule has 0 spiro atoms. The van der Waals surface area contributed by atoms with Gasteiger partial charge in [-0.25, -0.2) is 4.79 Å². The summed E-state index contributed by atoms with van der Waals surface area (Å²) in [7, 11) is 3.29. The van der Waals surface area contributed by atoms with Crippen LogP contribution in [0.3, 0.4) is 0 Å². The van der Waals surface area contributed by atoms with E-state index in [2.05, 4.69) is 10.7 Å². The number of nitrogens with one attached hydrogen (secondary N) is 2. The zero-order chi connectivity index (χ0) is 21.6. The molecule has 2 N–H and O–H groups in total. The quantitative estimate of drug-likeness (QED) is 0.590. The summed E-state index contributed by atoms with van der Waals surface area (Å²) in [5.41, 5.74) is 1.84. The van der Waals surface area contributed by atoms with E-state index in [9.17, 15) is 19.2 Å². The van der Waals surface area contributed by atoms with Gasteiger partial charge in [0.1, 0.15) is 5.54 Å². The van der Waals surface area contributed by atoms with Gasteiger partial charge >= 0.3 is 6.03 Å². The molecule has 9 nitrogen and oxygen atoms in total. The van der Waals surface area contributed by atoms with Gasteiger partial charge in [-0.2, -0.15) is 5.01 Å². The lowest BCUT2D eigenvalue weighted by molar-refractivity contribution is -0.140. The second-order valence-corrected chi connectivity index (χ2v) is 7.23. The fourth-order valence-electron chi connectivity index (χ4n) is 3.26. The molecule has 5 amide bonds. The van der Waals surface area contributed by atoms with Crippen LogP contribution in [0.5, 0.6) is 0 Å². The predicted molar refractivity (Wildman–Crippen MR) is 107 cm³/mol. The van der Waals surface area contributed by atoms with Crippen molar-refractivity contribution < 1.29 is 19.2 Å². The Morgan fingerprint density at radius 2 is 1.76 bits per heavy atom. The standard InChI is InChI=1S/C20H29N5O4/c1-5-12-24(14-17(27)23(3)4)13-16(26)22-25-18(28)20(6-2,21-19(25)29)15-10-8-7-9-11-15/h7-11H,5-6,12-14H2,1-4H3,(H,21,29)(H,22,26). The van der Waals surface area contributed by atoms with Crippen molar-refractivity contribution >= 4 is 23.8 Å². The number of hydrazine groups is 1. The summed E-state index contributed by atoms with van der Waals surface area (Å²) in [6.45, 7) is 4.26. The predicted octanol–water partition coefficient (Wildman–Crippen LogP) is 0.675. The molecule has 0 radical (unpaired) electrons. The van der Waals surface area contributed by atoms with Gasteiger partial charge in [0.2, 0.25) is 5.91 Å². The second-order valence-electron chi connectivity index (χ2n) is 7.23. The van der Waals surface area contributed by atoms with Crippen molar-refractivity contribution in [3.8, 4) is 0 Å². The average Bonchev–Trinajstić information content (AvgIpc) is 2.93. The van der Waals surface area contributed by atoms with Crippen molar-refractivity contribution in [1.82, 2.24) is 25.6 Å². The van der Waals surface area contributed by atoms with Crippen LogP contribution in [0, 0.1) is 0 Å². The van der Waals surface area contributed by atoms with Crippen LogP contribution < -0.4 is 10.7 Å². The molecule has 158 valence electrons. The molecule has 2 rings (SSSR count). The number of urea groups is 1. The lowest BCUT2D eigenvalue weighted by atomic mass is 9.87. The fraction of sp³-hybridized carbons (Fsp3) is 0.500. The Hall–Kier alpha value is -2.94. The SMILES string of the molecule is CCCN(CC(=O)NN1C(=O)NC(CC)(c2ccccc2)C1=O)CC(=O)N(C)C. The van der Waals surface area contributed by atoms with Gasteiger partial charge < -0.3 is 10.2 Å². The van der Waals surface area contributed by atoms with Gasteiger partial charge in [0, 0.05) is 14.1 Å². The summed E-state index contributed by atoms with van der Waals surface area (Å²) in [4.78, 5) is 53.1. The second kappa shape index (κ2) is 9.51. The highest BCUT2D eigenvalue weighted by Gasteiger charge is 2.52. The van der Waals surface area contributed by atoms with Crippen molar-refractivity contribution in [2.75, 3.05) is 33.7 Å². The summed E-state index contributed by atoms with van der Waals surface area (Å²) >= 11 is 0. The van der Waals surface area contributed by atoms with Crippen LogP contribution in [0.4, 0.5) is 4.79 Å². The number of carbonyl (C=O) groups is 4. The van der Waals surface area contributed by atoms with Gasteiger partial charge in [-0.05, 0) is 24.9 Å². The number of likely N-dealkylation sites (N-methyl/N-ethyl adjacent to an activating group) is 1. The molecule has 1 saturated heterocycles. The maximum atomic E-state index is 13.0. The van der Waals surface area contributed by atoms with Gasteiger partial charge in [-0.3, -0.25) is 24.7 Å². The number of benzene rings is 1. The minimum atomic E-state index is -1.21. The Morgan fingerprint density at radius 3 is 2.31 bits per heavy atom. The minimum Gasteiger partial charge on any atom is -0.348 e. The molecule has 29 heavy (non-hydrogen) atoms. The smallest absolute Gasteiger partial charge is 0.344 e. The first-order valence-corrected chi connectivity index (χ1v) is 9.69. The molecule has 0 aliphatic carbocycles. The maximum Gasteiger partial charge on any atom is 0.344 e. The van der Waals surface area contributed by atoms with Crippen LogP contribution in [0.1, 0.15) is 32.3 Å². The zero-order valence-corrected chi connectivity index (χ0v) is 17.4. The van der Waals surface area contributed by atoms with E-state index < -0.39 is 23.4 Å². The lowest BCUT2D eigenvalue weighted by Crippen LogP contribution is -2.52. The number of hydrogen-bond donors (Lipinski definition) is 2. The fourth-order valence-corrected chi connectivity index (χ4v) is 3.26. The summed E-state index contributed by atoms with van der Waals surface area (Å²) < 4.78 is 0. The molecule has 0 saturated carbocycles. The van der Waals surface area contributed by atoms with Crippen LogP contribution >= 0.6 is 0 Å². The van der Waals surface area contributed by atoms with E-state index in [0.717, 1.165) is 11.4 Å². The summed E-state index contributed by atoms with van der Waals surface area (Å²) in [6.07, 6.45) is 1.09. The monoisotopic (exact) mass is 403 g/mol. The normalized spacial score (nSPS) is 18.7. The molecule has 1 fully saturated rings. The molecule has 0 bridgehead atoms. The van der Waals surface area contributed by atoms with Crippen LogP contribution in [0.15, 0.2) is 30.3 Å². The van der Waals surface area contributed by atoms with Crippen LogP contribution in [-0.2, 0) is 19.9 Å². The number of hydrogen-bond acceptors (Lipinski definition) is 5. The highest BCUT2D eigenvalue weighted by atomic mass is 16.2. The number of nitrogens with zero attached hydrogens (tertiary/aromatic N) is 3. The molecule has 1 atom stereocenters. The minimum absolute atomic E-state index is 0.0807. The molecule has 1 aliphatic rings. The molecular formula is C20H29N5O4. The lowest BCUT2D eigenvalue weighted by Gasteiger charge is -2.26. The Labute approximate surface area is 171 Å². The third-order valence-electron chi connectivity index (χ3n) is 4.89. The first-order chi connectivity index (χ1) is 13.7. The van der Waals surface area contributed by atoms with E-state index in [1.54, 1.807) is 50.2 Å². The van der Waals surface area contributed by atoms with E-state index in [0.29, 0.717) is 18.5 Å². The van der Waals surface area contributed by atoms with Gasteiger partial charge in [-0.1, -0.05) is 44.2 Å². The molecule has 1 unspecified atom stereocenters. The van der Waals surface area contributed by atoms with Gasteiger partial charge in [-0.15, -0.1) is 0 Å². The van der Waals surface area contributed by atoms with E-state index in [1.165, 1.54) is 4.90 Å². The van der Waals surface area contributed by atoms with Crippen LogP contribution in [0.2, 0.25) is 0 Å². The Balaban J connectivity index is 2.10.